The molecule has 332 valence electrons. The highest BCUT2D eigenvalue weighted by atomic mass is 32.1. The van der Waals surface area contributed by atoms with E-state index >= 15 is 0 Å². The summed E-state index contributed by atoms with van der Waals surface area (Å²) in [5.41, 5.74) is 9.33. The molecule has 6 heterocycles. The zero-order valence-corrected chi connectivity index (χ0v) is 37.2. The molecule has 0 saturated heterocycles. The van der Waals surface area contributed by atoms with E-state index in [0.717, 1.165) is 9.75 Å². The van der Waals surface area contributed by atoms with Gasteiger partial charge in [0.05, 0.1) is 44.4 Å². The summed E-state index contributed by atoms with van der Waals surface area (Å²) in [5, 5.41) is 28.8. The first-order chi connectivity index (χ1) is 30.1. The molecule has 4 aromatic heterocycles. The number of carbonyl (C=O) groups is 2. The second-order valence-electron chi connectivity index (χ2n) is 15.3. The number of rotatable bonds is 6. The van der Waals surface area contributed by atoms with Crippen LogP contribution in [-0.2, 0) is 11.2 Å². The molecule has 2 aliphatic rings. The lowest BCUT2D eigenvalue weighted by molar-refractivity contribution is 0.0991. The van der Waals surface area contributed by atoms with Crippen LogP contribution in [0, 0.1) is 49.2 Å². The Hall–Kier alpha value is -6.66. The van der Waals surface area contributed by atoms with Gasteiger partial charge in [-0.05, 0) is 54.2 Å². The van der Waals surface area contributed by atoms with E-state index < -0.39 is 34.7 Å². The van der Waals surface area contributed by atoms with Crippen molar-refractivity contribution in [3.63, 3.8) is 0 Å². The van der Waals surface area contributed by atoms with E-state index in [1.54, 1.807) is 13.8 Å². The summed E-state index contributed by atoms with van der Waals surface area (Å²) in [6.07, 6.45) is 0. The van der Waals surface area contributed by atoms with Crippen molar-refractivity contribution in [2.45, 2.75) is 51.0 Å². The first-order valence-electron chi connectivity index (χ1n) is 19.1. The van der Waals surface area contributed by atoms with Crippen LogP contribution in [0.15, 0.2) is 33.3 Å². The molecule has 0 unspecified atom stereocenters. The number of amides is 2. The van der Waals surface area contributed by atoms with E-state index in [-0.39, 0.29) is 81.4 Å². The Bertz CT molecular complexity index is 2740. The second-order valence-corrected chi connectivity index (χ2v) is 17.4. The molecule has 22 heteroatoms. The zero-order chi connectivity index (χ0) is 46.4. The van der Waals surface area contributed by atoms with Crippen LogP contribution in [-0.4, -0.2) is 103 Å². The number of benzene rings is 2. The van der Waals surface area contributed by atoms with Crippen LogP contribution < -0.4 is 20.9 Å². The van der Waals surface area contributed by atoms with Gasteiger partial charge in [-0.1, -0.05) is 34.0 Å². The van der Waals surface area contributed by atoms with Gasteiger partial charge < -0.3 is 40.2 Å². The molecular weight excluding hydrogens is 875 g/mol. The third-order valence-electron chi connectivity index (χ3n) is 9.83. The van der Waals surface area contributed by atoms with E-state index in [1.165, 1.54) is 60.8 Å². The van der Waals surface area contributed by atoms with Crippen LogP contribution in [0.5, 0.6) is 11.5 Å². The average Bonchev–Trinajstić information content (AvgIpc) is 4.03. The summed E-state index contributed by atoms with van der Waals surface area (Å²) in [5.74, 6) is 8.96. The fraction of sp³-hybridized carbons (Fsp3) is 0.333. The smallest absolute Gasteiger partial charge is 0.277 e. The van der Waals surface area contributed by atoms with Gasteiger partial charge in [-0.15, -0.1) is 22.7 Å². The number of primary amides is 2. The van der Waals surface area contributed by atoms with E-state index in [1.807, 2.05) is 38.0 Å². The monoisotopic (exact) mass is 914 g/mol. The molecule has 8 rings (SSSR count). The Morgan fingerprint density at radius 2 is 1.08 bits per heavy atom. The number of nitrogens with two attached hydrogens (primary N) is 2. The van der Waals surface area contributed by atoms with Gasteiger partial charge >= 0.3 is 0 Å². The number of aryl methyl sites for hydroxylation is 2. The number of halogens is 2. The predicted octanol–water partition coefficient (Wildman–Crippen LogP) is 3.99. The maximum Gasteiger partial charge on any atom is 0.277 e. The highest BCUT2D eigenvalue weighted by molar-refractivity contribution is 7.14. The molecule has 64 heavy (non-hydrogen) atoms. The minimum atomic E-state index is -1.76. The minimum absolute atomic E-state index is 0.00993. The number of thiazole rings is 2. The molecular formula is C42H40F2N10O8S2. The molecule has 2 aromatic carbocycles. The van der Waals surface area contributed by atoms with Crippen molar-refractivity contribution in [1.82, 2.24) is 40.0 Å². The van der Waals surface area contributed by atoms with Crippen LogP contribution in [0.2, 0.25) is 0 Å². The maximum absolute atomic E-state index is 14.8. The molecule has 0 fully saturated rings. The molecule has 0 bridgehead atoms. The third kappa shape index (κ3) is 9.19. The lowest BCUT2D eigenvalue weighted by Crippen LogP contribution is -2.24. The summed E-state index contributed by atoms with van der Waals surface area (Å²) in [4.78, 5) is 45.7. The van der Waals surface area contributed by atoms with E-state index in [0.29, 0.717) is 22.5 Å². The van der Waals surface area contributed by atoms with Crippen LogP contribution in [0.3, 0.4) is 0 Å². The van der Waals surface area contributed by atoms with Gasteiger partial charge in [0, 0.05) is 37.1 Å². The summed E-state index contributed by atoms with van der Waals surface area (Å²) in [6, 6.07) is 4.99. The first kappa shape index (κ1) is 45.4. The van der Waals surface area contributed by atoms with Crippen LogP contribution in [0.4, 0.5) is 8.78 Å². The number of hydrogen-bond donors (Lipinski definition) is 4. The van der Waals surface area contributed by atoms with E-state index in [9.17, 15) is 28.6 Å². The standard InChI is InChI=1S/2C21H20FN5O4S/c2*1-10-24-20(26-31-10)21(2,29)6-5-11-7-12-15(8-13(11)22)30-9-14(27(3)4)17-16(12)25-19(32-17)18(23)28/h2*7-8,14,29H,9H2,1-4H3,(H2,23,28)/t14-,21+;14-,21-/m01/s1. The fourth-order valence-electron chi connectivity index (χ4n) is 6.36. The van der Waals surface area contributed by atoms with Crippen molar-refractivity contribution >= 4 is 34.5 Å². The quantitative estimate of drug-likeness (QED) is 0.172. The maximum atomic E-state index is 14.8. The van der Waals surface area contributed by atoms with Crippen molar-refractivity contribution in [2.75, 3.05) is 41.4 Å². The molecule has 18 nitrogen and oxygen atoms in total. The van der Waals surface area contributed by atoms with Crippen LogP contribution in [0.1, 0.15) is 89.8 Å². The molecule has 6 N–H and O–H groups in total. The van der Waals surface area contributed by atoms with Gasteiger partial charge in [-0.2, -0.15) is 9.97 Å². The number of aromatic nitrogens is 6. The topological polar surface area (TPSA) is 255 Å². The number of aliphatic hydroxyl groups is 2. The molecule has 0 saturated carbocycles. The molecule has 2 amide bonds. The minimum Gasteiger partial charge on any atom is -0.491 e. The normalized spacial score (nSPS) is 16.8. The highest BCUT2D eigenvalue weighted by Gasteiger charge is 2.34. The van der Waals surface area contributed by atoms with Gasteiger partial charge in [0.2, 0.25) is 23.4 Å². The van der Waals surface area contributed by atoms with Crippen molar-refractivity contribution in [1.29, 1.82) is 0 Å². The Balaban J connectivity index is 0.000000191. The molecule has 0 spiro atoms. The van der Waals surface area contributed by atoms with E-state index in [4.69, 9.17) is 30.0 Å². The SMILES string of the molecule is Cc1nc([C@](C)(O)C#Cc2cc3c(cc2F)OC[C@@H](N(C)C)c2sc(C(N)=O)nc2-3)no1.Cc1nc([C@](C)(O)C#Cc2cc3c(cc2F)OC[C@H](N(C)C)c2sc(C(N)=O)nc2-3)no1. The Kier molecular flexibility index (Phi) is 12.4. The number of hydrogen-bond acceptors (Lipinski definition) is 18. The lowest BCUT2D eigenvalue weighted by Gasteiger charge is -2.21. The van der Waals surface area contributed by atoms with Crippen molar-refractivity contribution < 1.29 is 47.1 Å². The Labute approximate surface area is 372 Å². The number of fused-ring (bicyclic) bond motifs is 6. The van der Waals surface area contributed by atoms with Crippen LogP contribution >= 0.6 is 22.7 Å². The predicted molar refractivity (Wildman–Crippen MR) is 227 cm³/mol. The number of carbonyl (C=O) groups excluding carboxylic acids is 2. The number of nitrogens with zero attached hydrogens (tertiary/aromatic N) is 8. The molecule has 2 aliphatic heterocycles. The summed E-state index contributed by atoms with van der Waals surface area (Å²) < 4.78 is 51.1. The molecule has 0 aliphatic carbocycles. The number of likely N-dealkylation sites (N-methyl/N-ethyl adjacent to an activating group) is 2. The van der Waals surface area contributed by atoms with Crippen molar-refractivity contribution in [3.8, 4) is 57.7 Å². The van der Waals surface area contributed by atoms with Gasteiger partial charge in [-0.3, -0.25) is 19.4 Å². The first-order valence-corrected chi connectivity index (χ1v) is 20.8. The second kappa shape index (κ2) is 17.5. The van der Waals surface area contributed by atoms with Crippen molar-refractivity contribution in [2.24, 2.45) is 11.5 Å². The zero-order valence-electron chi connectivity index (χ0n) is 35.5. The largest absolute Gasteiger partial charge is 0.491 e. The van der Waals surface area contributed by atoms with E-state index in [2.05, 4.69) is 53.9 Å². The summed E-state index contributed by atoms with van der Waals surface area (Å²) >= 11 is 2.36. The summed E-state index contributed by atoms with van der Waals surface area (Å²) in [6.45, 7) is 6.41. The van der Waals surface area contributed by atoms with Gasteiger partial charge in [0.15, 0.2) is 21.2 Å². The molecule has 6 aromatic rings. The van der Waals surface area contributed by atoms with Gasteiger partial charge in [-0.25, -0.2) is 18.7 Å². The van der Waals surface area contributed by atoms with Crippen molar-refractivity contribution in [3.05, 3.63) is 90.2 Å². The lowest BCUT2D eigenvalue weighted by atomic mass is 10.0. The Morgan fingerprint density at radius 3 is 1.39 bits per heavy atom. The fourth-order valence-corrected chi connectivity index (χ4v) is 8.59. The molecule has 4 atom stereocenters. The highest BCUT2D eigenvalue weighted by Crippen LogP contribution is 2.45. The third-order valence-corrected chi connectivity index (χ3v) is 12.2. The van der Waals surface area contributed by atoms with Gasteiger partial charge in [0.1, 0.15) is 36.3 Å². The van der Waals surface area contributed by atoms with Gasteiger partial charge in [0.25, 0.3) is 11.8 Å². The average molecular weight is 915 g/mol. The van der Waals surface area contributed by atoms with Crippen LogP contribution in [0.25, 0.3) is 22.5 Å². The summed E-state index contributed by atoms with van der Waals surface area (Å²) in [7, 11) is 7.49. The molecule has 0 radical (unpaired) electrons. The Morgan fingerprint density at radius 1 is 0.703 bits per heavy atom. The number of ether oxygens (including phenoxy) is 2.